The molecule has 4 N–H and O–H groups in total. The van der Waals surface area contributed by atoms with Gasteiger partial charge in [-0.15, -0.1) is 0 Å². The van der Waals surface area contributed by atoms with Crippen molar-refractivity contribution < 1.29 is 28.7 Å². The number of aromatic nitrogens is 3. The number of piperidine rings is 1. The van der Waals surface area contributed by atoms with E-state index in [0.717, 1.165) is 94.5 Å². The molecule has 4 aliphatic rings. The Balaban J connectivity index is 0.893. The van der Waals surface area contributed by atoms with Crippen LogP contribution in [-0.4, -0.2) is 87.6 Å². The number of carbonyl (C=O) groups excluding carboxylic acids is 4. The number of H-pyrrole nitrogens is 2. The molecule has 6 atom stereocenters. The number of ether oxygens (including phenoxy) is 2. The molecular formula is C49H57N7O6. The van der Waals surface area contributed by atoms with Crippen molar-refractivity contribution in [2.24, 2.45) is 23.2 Å². The molecular weight excluding hydrogens is 783 g/mol. The molecule has 2 aromatic heterocycles. The van der Waals surface area contributed by atoms with Gasteiger partial charge in [0.2, 0.25) is 11.8 Å². The highest BCUT2D eigenvalue weighted by molar-refractivity contribution is 5.91. The number of amides is 4. The molecule has 0 radical (unpaired) electrons. The molecule has 5 aromatic rings. The third-order valence-electron chi connectivity index (χ3n) is 14.0. The molecule has 2 aliphatic heterocycles. The number of rotatable bonds is 11. The minimum atomic E-state index is -0.679. The number of fused-ring (bicyclic) bond motifs is 3. The summed E-state index contributed by atoms with van der Waals surface area (Å²) in [5, 5.41) is 7.80. The molecule has 4 amide bonds. The first-order chi connectivity index (χ1) is 29.8. The highest BCUT2D eigenvalue weighted by atomic mass is 16.5. The summed E-state index contributed by atoms with van der Waals surface area (Å²) in [6.07, 6.45) is 6.73. The van der Waals surface area contributed by atoms with Crippen LogP contribution in [0.4, 0.5) is 9.59 Å². The predicted octanol–water partition coefficient (Wildman–Crippen LogP) is 8.76. The van der Waals surface area contributed by atoms with Crippen LogP contribution < -0.4 is 10.6 Å². The molecule has 4 fully saturated rings. The smallest absolute Gasteiger partial charge is 0.407 e. The van der Waals surface area contributed by atoms with Gasteiger partial charge in [0, 0.05) is 24.0 Å². The average Bonchev–Trinajstić information content (AvgIpc) is 3.91. The van der Waals surface area contributed by atoms with E-state index in [0.29, 0.717) is 12.5 Å². The molecule has 9 rings (SSSR count). The Labute approximate surface area is 362 Å². The van der Waals surface area contributed by atoms with Crippen molar-refractivity contribution >= 4 is 34.8 Å². The van der Waals surface area contributed by atoms with Crippen molar-refractivity contribution in [2.45, 2.75) is 96.4 Å². The van der Waals surface area contributed by atoms with E-state index in [-0.39, 0.29) is 47.2 Å². The summed E-state index contributed by atoms with van der Waals surface area (Å²) in [5.41, 5.74) is 7.34. The SMILES string of the molecule is COC(=O)N[C@H](C(=O)N1CC2(CC2)C[C@H]1c1ccc(-c2ccc3cc(-c4ccc(-c5cnc([C@@H]6[C@H]7CC[C@H](C7)N6C(=O)[C@@H](NC(=O)OC)C(C)C)[nH]5)cc4)ccc3c2)[nH]1)C(C)C. The van der Waals surface area contributed by atoms with Crippen LogP contribution in [0, 0.1) is 23.2 Å². The summed E-state index contributed by atoms with van der Waals surface area (Å²) < 4.78 is 9.67. The Bertz CT molecular complexity index is 2500. The number of carbonyl (C=O) groups is 4. The van der Waals surface area contributed by atoms with Gasteiger partial charge in [0.1, 0.15) is 17.9 Å². The van der Waals surface area contributed by atoms with E-state index in [9.17, 15) is 19.2 Å². The molecule has 1 spiro atoms. The van der Waals surface area contributed by atoms with Gasteiger partial charge in [0.25, 0.3) is 0 Å². The van der Waals surface area contributed by atoms with E-state index >= 15 is 0 Å². The largest absolute Gasteiger partial charge is 0.453 e. The molecule has 2 saturated carbocycles. The average molecular weight is 840 g/mol. The number of likely N-dealkylation sites (tertiary alicyclic amines) is 2. The van der Waals surface area contributed by atoms with Crippen molar-refractivity contribution in [3.8, 4) is 33.6 Å². The Hall–Kier alpha value is -6.11. The summed E-state index contributed by atoms with van der Waals surface area (Å²) in [7, 11) is 2.63. The van der Waals surface area contributed by atoms with Crippen LogP contribution in [0.1, 0.15) is 89.8 Å². The third kappa shape index (κ3) is 7.70. The summed E-state index contributed by atoms with van der Waals surface area (Å²) in [4.78, 5) is 68.2. The van der Waals surface area contributed by atoms with Gasteiger partial charge in [-0.3, -0.25) is 9.59 Å². The van der Waals surface area contributed by atoms with Gasteiger partial charge in [0.05, 0.1) is 38.2 Å². The van der Waals surface area contributed by atoms with Crippen LogP contribution >= 0.6 is 0 Å². The Kier molecular flexibility index (Phi) is 10.8. The molecule has 0 unspecified atom stereocenters. The van der Waals surface area contributed by atoms with Crippen LogP contribution in [0.2, 0.25) is 0 Å². The number of methoxy groups -OCH3 is 2. The Morgan fingerprint density at radius 2 is 1.34 bits per heavy atom. The minimum Gasteiger partial charge on any atom is -0.453 e. The number of nitrogens with zero attached hydrogens (tertiary/aromatic N) is 3. The maximum absolute atomic E-state index is 14.0. The fraction of sp³-hybridized carbons (Fsp3) is 0.449. The summed E-state index contributed by atoms with van der Waals surface area (Å²) in [6.45, 7) is 8.45. The van der Waals surface area contributed by atoms with E-state index < -0.39 is 24.3 Å². The molecule has 2 bridgehead atoms. The Morgan fingerprint density at radius 3 is 1.98 bits per heavy atom. The number of aromatic amines is 2. The topological polar surface area (TPSA) is 162 Å². The molecule has 324 valence electrons. The highest BCUT2D eigenvalue weighted by Crippen LogP contribution is 2.58. The van der Waals surface area contributed by atoms with E-state index in [4.69, 9.17) is 14.5 Å². The fourth-order valence-electron chi connectivity index (χ4n) is 10.3. The van der Waals surface area contributed by atoms with Crippen molar-refractivity contribution in [1.29, 1.82) is 0 Å². The minimum absolute atomic E-state index is 0.0673. The second-order valence-electron chi connectivity index (χ2n) is 18.7. The lowest BCUT2D eigenvalue weighted by molar-refractivity contribution is -0.139. The van der Waals surface area contributed by atoms with E-state index in [2.05, 4.69) is 93.4 Å². The normalized spacial score (nSPS) is 22.1. The molecule has 13 nitrogen and oxygen atoms in total. The lowest BCUT2D eigenvalue weighted by Crippen LogP contribution is -2.54. The van der Waals surface area contributed by atoms with E-state index in [1.54, 1.807) is 0 Å². The number of alkyl carbamates (subject to hydrolysis) is 2. The molecule has 2 saturated heterocycles. The van der Waals surface area contributed by atoms with Crippen molar-refractivity contribution in [3.05, 3.63) is 90.5 Å². The van der Waals surface area contributed by atoms with Gasteiger partial charge in [-0.25, -0.2) is 14.6 Å². The zero-order valence-corrected chi connectivity index (χ0v) is 36.4. The lowest BCUT2D eigenvalue weighted by Gasteiger charge is -2.37. The number of hydrogen-bond donors (Lipinski definition) is 4. The van der Waals surface area contributed by atoms with Gasteiger partial charge >= 0.3 is 12.2 Å². The molecule has 3 aromatic carbocycles. The highest BCUT2D eigenvalue weighted by Gasteiger charge is 2.55. The zero-order valence-electron chi connectivity index (χ0n) is 36.4. The second kappa shape index (κ2) is 16.3. The summed E-state index contributed by atoms with van der Waals surface area (Å²) >= 11 is 0. The molecule has 2 aliphatic carbocycles. The summed E-state index contributed by atoms with van der Waals surface area (Å²) in [6, 6.07) is 24.2. The molecule has 13 heteroatoms. The van der Waals surface area contributed by atoms with Gasteiger partial charge < -0.3 is 39.9 Å². The van der Waals surface area contributed by atoms with Crippen LogP contribution in [0.3, 0.4) is 0 Å². The van der Waals surface area contributed by atoms with Crippen LogP contribution in [-0.2, 0) is 19.1 Å². The van der Waals surface area contributed by atoms with Crippen LogP contribution in [0.15, 0.2) is 79.0 Å². The number of imidazole rings is 1. The second-order valence-corrected chi connectivity index (χ2v) is 18.7. The van der Waals surface area contributed by atoms with E-state index in [1.807, 2.05) is 43.7 Å². The number of benzene rings is 3. The van der Waals surface area contributed by atoms with Gasteiger partial charge in [0.15, 0.2) is 0 Å². The van der Waals surface area contributed by atoms with Gasteiger partial charge in [-0.1, -0.05) is 76.2 Å². The lowest BCUT2D eigenvalue weighted by atomic mass is 9.95. The first kappa shape index (κ1) is 41.3. The van der Waals surface area contributed by atoms with Crippen molar-refractivity contribution in [3.63, 3.8) is 0 Å². The maximum Gasteiger partial charge on any atom is 0.407 e. The number of nitrogens with one attached hydrogen (secondary N) is 4. The van der Waals surface area contributed by atoms with Crippen LogP contribution in [0.5, 0.6) is 0 Å². The summed E-state index contributed by atoms with van der Waals surface area (Å²) in [5.74, 6) is 0.758. The first-order valence-corrected chi connectivity index (χ1v) is 22.1. The standard InChI is InChI=1S/C49H57N7O6/c1-27(2)41(53-47(59)61-5)45(57)55-26-49(19-20-49)24-40(55)38-18-17-37(51-38)34-14-13-32-21-31(11-12-33(32)22-34)29-7-9-30(10-8-29)39-25-50-44(52-39)43-35-15-16-36(23-35)56(43)46(58)42(28(3)4)54-48(60)62-6/h7-14,17-18,21-22,25,27-28,35-36,40-43,51H,15-16,19-20,23-24,26H2,1-6H3,(H,50,52)(H,53,59)(H,54,60)/t35-,36+,40-,41-,42-,43-/m0/s1. The van der Waals surface area contributed by atoms with Gasteiger partial charge in [-0.05, 0) is 119 Å². The molecule has 4 heterocycles. The third-order valence-corrected chi connectivity index (χ3v) is 14.0. The maximum atomic E-state index is 14.0. The predicted molar refractivity (Wildman–Crippen MR) is 237 cm³/mol. The zero-order chi connectivity index (χ0) is 43.4. The Morgan fingerprint density at radius 1 is 0.726 bits per heavy atom. The fourth-order valence-corrected chi connectivity index (χ4v) is 10.3. The van der Waals surface area contributed by atoms with Gasteiger partial charge in [-0.2, -0.15) is 0 Å². The monoisotopic (exact) mass is 839 g/mol. The van der Waals surface area contributed by atoms with Crippen molar-refractivity contribution in [2.75, 3.05) is 20.8 Å². The van der Waals surface area contributed by atoms with Crippen molar-refractivity contribution in [1.82, 2.24) is 35.4 Å². The van der Waals surface area contributed by atoms with E-state index in [1.165, 1.54) is 14.2 Å². The molecule has 62 heavy (non-hydrogen) atoms. The number of hydrogen-bond acceptors (Lipinski definition) is 7. The quantitative estimate of drug-likeness (QED) is 0.103. The first-order valence-electron chi connectivity index (χ1n) is 22.1. The van der Waals surface area contributed by atoms with Crippen LogP contribution in [0.25, 0.3) is 44.4 Å².